The molecule has 2 aliphatic heterocycles. The minimum Gasteiger partial charge on any atom is -0.485 e. The number of amides is 1. The summed E-state index contributed by atoms with van der Waals surface area (Å²) < 4.78 is 11.6. The molecule has 6 nitrogen and oxygen atoms in total. The summed E-state index contributed by atoms with van der Waals surface area (Å²) >= 11 is 0. The van der Waals surface area contributed by atoms with Crippen molar-refractivity contribution in [3.8, 4) is 11.5 Å². The van der Waals surface area contributed by atoms with Gasteiger partial charge < -0.3 is 14.4 Å². The van der Waals surface area contributed by atoms with Crippen LogP contribution in [0.1, 0.15) is 35.7 Å². The molecule has 1 aliphatic carbocycles. The highest BCUT2D eigenvalue weighted by molar-refractivity contribution is 5.82. The standard InChI is InChI=1S/C18H19N3O3/c22-18(16-10-23-14-3-1-2-4-15(14)24-16)21-8-7-13-12(9-21)17(20-19-13)11-5-6-11/h1-4,11,16H,5-10H2,(H,19,20)/t16-/m0/s1. The van der Waals surface area contributed by atoms with Gasteiger partial charge in [0.25, 0.3) is 5.91 Å². The van der Waals surface area contributed by atoms with Crippen molar-refractivity contribution in [2.24, 2.45) is 0 Å². The molecule has 0 radical (unpaired) electrons. The summed E-state index contributed by atoms with van der Waals surface area (Å²) in [6, 6.07) is 7.48. The second-order valence-electron chi connectivity index (χ2n) is 6.71. The van der Waals surface area contributed by atoms with Gasteiger partial charge in [-0.3, -0.25) is 9.89 Å². The molecule has 1 saturated carbocycles. The zero-order valence-electron chi connectivity index (χ0n) is 13.3. The van der Waals surface area contributed by atoms with Gasteiger partial charge in [-0.1, -0.05) is 12.1 Å². The third-order valence-corrected chi connectivity index (χ3v) is 5.03. The third-order valence-electron chi connectivity index (χ3n) is 5.03. The average molecular weight is 325 g/mol. The van der Waals surface area contributed by atoms with Crippen LogP contribution in [0.5, 0.6) is 11.5 Å². The fourth-order valence-corrected chi connectivity index (χ4v) is 3.54. The second-order valence-corrected chi connectivity index (χ2v) is 6.71. The number of hydrogen-bond acceptors (Lipinski definition) is 4. The molecular formula is C18H19N3O3. The molecule has 3 aliphatic rings. The number of hydrogen-bond donors (Lipinski definition) is 1. The van der Waals surface area contributed by atoms with E-state index < -0.39 is 6.10 Å². The maximum Gasteiger partial charge on any atom is 0.267 e. The van der Waals surface area contributed by atoms with E-state index in [2.05, 4.69) is 10.2 Å². The SMILES string of the molecule is O=C([C@@H]1COc2ccccc2O1)N1CCc2[nH]nc(C3CC3)c2C1. The smallest absolute Gasteiger partial charge is 0.267 e. The predicted octanol–water partition coefficient (Wildman–Crippen LogP) is 2.01. The lowest BCUT2D eigenvalue weighted by Crippen LogP contribution is -2.48. The van der Waals surface area contributed by atoms with Gasteiger partial charge >= 0.3 is 0 Å². The summed E-state index contributed by atoms with van der Waals surface area (Å²) in [5, 5.41) is 7.63. The van der Waals surface area contributed by atoms with Gasteiger partial charge in [-0.2, -0.15) is 5.10 Å². The Morgan fingerprint density at radius 3 is 2.92 bits per heavy atom. The van der Waals surface area contributed by atoms with Gasteiger partial charge in [-0.05, 0) is 25.0 Å². The van der Waals surface area contributed by atoms with Crippen molar-refractivity contribution in [2.75, 3.05) is 13.2 Å². The number of nitrogens with one attached hydrogen (secondary N) is 1. The Morgan fingerprint density at radius 1 is 1.25 bits per heavy atom. The van der Waals surface area contributed by atoms with E-state index in [0.29, 0.717) is 30.5 Å². The quantitative estimate of drug-likeness (QED) is 0.917. The van der Waals surface area contributed by atoms with Crippen molar-refractivity contribution < 1.29 is 14.3 Å². The maximum atomic E-state index is 12.9. The van der Waals surface area contributed by atoms with Crippen molar-refractivity contribution in [2.45, 2.75) is 37.8 Å². The number of nitrogens with zero attached hydrogens (tertiary/aromatic N) is 2. The monoisotopic (exact) mass is 325 g/mol. The zero-order chi connectivity index (χ0) is 16.1. The van der Waals surface area contributed by atoms with Crippen LogP contribution in [0.3, 0.4) is 0 Å². The normalized spacial score (nSPS) is 22.2. The first-order chi connectivity index (χ1) is 11.8. The van der Waals surface area contributed by atoms with E-state index >= 15 is 0 Å². The molecule has 6 heteroatoms. The largest absolute Gasteiger partial charge is 0.485 e. The fourth-order valence-electron chi connectivity index (χ4n) is 3.54. The summed E-state index contributed by atoms with van der Waals surface area (Å²) in [5.74, 6) is 1.93. The number of aromatic nitrogens is 2. The number of H-pyrrole nitrogens is 1. The molecule has 1 N–H and O–H groups in total. The lowest BCUT2D eigenvalue weighted by Gasteiger charge is -2.32. The first-order valence-electron chi connectivity index (χ1n) is 8.53. The van der Waals surface area contributed by atoms with Crippen LogP contribution in [0, 0.1) is 0 Å². The van der Waals surface area contributed by atoms with Gasteiger partial charge in [-0.25, -0.2) is 0 Å². The molecule has 3 heterocycles. The third kappa shape index (κ3) is 2.25. The molecule has 2 aromatic rings. The molecule has 1 aromatic carbocycles. The number of rotatable bonds is 2. The molecule has 1 amide bonds. The number of para-hydroxylation sites is 2. The number of ether oxygens (including phenoxy) is 2. The van der Waals surface area contributed by atoms with Crippen LogP contribution in [0.4, 0.5) is 0 Å². The summed E-state index contributed by atoms with van der Waals surface area (Å²) in [6.07, 6.45) is 2.67. The lowest BCUT2D eigenvalue weighted by molar-refractivity contribution is -0.142. The molecule has 0 saturated heterocycles. The second kappa shape index (κ2) is 5.26. The molecule has 24 heavy (non-hydrogen) atoms. The Bertz CT molecular complexity index is 797. The van der Waals surface area contributed by atoms with Gasteiger partial charge in [0.15, 0.2) is 11.5 Å². The molecule has 0 bridgehead atoms. The molecule has 1 aromatic heterocycles. The van der Waals surface area contributed by atoms with E-state index in [0.717, 1.165) is 12.1 Å². The van der Waals surface area contributed by atoms with E-state index in [1.807, 2.05) is 29.2 Å². The predicted molar refractivity (Wildman–Crippen MR) is 86.0 cm³/mol. The molecule has 0 unspecified atom stereocenters. The number of aromatic amines is 1. The molecule has 1 atom stereocenters. The first kappa shape index (κ1) is 13.9. The summed E-state index contributed by atoms with van der Waals surface area (Å²) in [4.78, 5) is 14.8. The summed E-state index contributed by atoms with van der Waals surface area (Å²) in [5.41, 5.74) is 3.56. The summed E-state index contributed by atoms with van der Waals surface area (Å²) in [6.45, 7) is 1.58. The van der Waals surface area contributed by atoms with E-state index in [1.165, 1.54) is 24.1 Å². The van der Waals surface area contributed by atoms with E-state index in [1.54, 1.807) is 0 Å². The Morgan fingerprint density at radius 2 is 2.08 bits per heavy atom. The van der Waals surface area contributed by atoms with E-state index in [-0.39, 0.29) is 12.5 Å². The van der Waals surface area contributed by atoms with Crippen molar-refractivity contribution in [3.63, 3.8) is 0 Å². The van der Waals surface area contributed by atoms with Crippen LogP contribution in [-0.2, 0) is 17.8 Å². The van der Waals surface area contributed by atoms with Crippen LogP contribution >= 0.6 is 0 Å². The Balaban J connectivity index is 1.34. The average Bonchev–Trinajstić information content (AvgIpc) is 3.39. The van der Waals surface area contributed by atoms with Crippen molar-refractivity contribution in [1.29, 1.82) is 0 Å². The van der Waals surface area contributed by atoms with Crippen molar-refractivity contribution in [1.82, 2.24) is 15.1 Å². The van der Waals surface area contributed by atoms with Crippen molar-refractivity contribution >= 4 is 5.91 Å². The number of carbonyl (C=O) groups excluding carboxylic acids is 1. The van der Waals surface area contributed by atoms with Crippen LogP contribution in [0.2, 0.25) is 0 Å². The maximum absolute atomic E-state index is 12.9. The fraction of sp³-hybridized carbons (Fsp3) is 0.444. The van der Waals surface area contributed by atoms with Crippen molar-refractivity contribution in [3.05, 3.63) is 41.2 Å². The van der Waals surface area contributed by atoms with Gasteiger partial charge in [0.05, 0.1) is 5.69 Å². The molecule has 124 valence electrons. The van der Waals surface area contributed by atoms with Gasteiger partial charge in [0, 0.05) is 36.7 Å². The highest BCUT2D eigenvalue weighted by atomic mass is 16.6. The number of benzene rings is 1. The Hall–Kier alpha value is -2.50. The van der Waals surface area contributed by atoms with Crippen LogP contribution in [0.15, 0.2) is 24.3 Å². The summed E-state index contributed by atoms with van der Waals surface area (Å²) in [7, 11) is 0. The molecule has 0 spiro atoms. The van der Waals surface area contributed by atoms with Crippen LogP contribution in [0.25, 0.3) is 0 Å². The van der Waals surface area contributed by atoms with Gasteiger partial charge in [0.2, 0.25) is 6.10 Å². The number of fused-ring (bicyclic) bond motifs is 2. The van der Waals surface area contributed by atoms with E-state index in [9.17, 15) is 4.79 Å². The molecule has 5 rings (SSSR count). The van der Waals surface area contributed by atoms with Crippen LogP contribution < -0.4 is 9.47 Å². The van der Waals surface area contributed by atoms with Crippen LogP contribution in [-0.4, -0.2) is 40.3 Å². The molecular weight excluding hydrogens is 306 g/mol. The number of carbonyl (C=O) groups is 1. The first-order valence-corrected chi connectivity index (χ1v) is 8.53. The van der Waals surface area contributed by atoms with Gasteiger partial charge in [-0.15, -0.1) is 0 Å². The minimum atomic E-state index is -0.572. The lowest BCUT2D eigenvalue weighted by atomic mass is 10.0. The molecule has 1 fully saturated rings. The topological polar surface area (TPSA) is 67.5 Å². The Kier molecular flexibility index (Phi) is 3.04. The van der Waals surface area contributed by atoms with Gasteiger partial charge in [0.1, 0.15) is 6.61 Å². The minimum absolute atomic E-state index is 0.00176. The Labute approximate surface area is 139 Å². The highest BCUT2D eigenvalue weighted by Crippen LogP contribution is 2.42. The van der Waals surface area contributed by atoms with E-state index in [4.69, 9.17) is 9.47 Å². The highest BCUT2D eigenvalue weighted by Gasteiger charge is 2.36. The zero-order valence-corrected chi connectivity index (χ0v) is 13.3.